The van der Waals surface area contributed by atoms with Gasteiger partial charge in [0.05, 0.1) is 17.9 Å². The van der Waals surface area contributed by atoms with Gasteiger partial charge in [-0.15, -0.1) is 0 Å². The van der Waals surface area contributed by atoms with Gasteiger partial charge in [-0.3, -0.25) is 9.59 Å². The summed E-state index contributed by atoms with van der Waals surface area (Å²) >= 11 is 12.3. The Labute approximate surface area is 196 Å². The standard InChI is InChI=1S/C25H20Cl2N2O3/c1-3-32-19-7-4-6-18(14-19)28-23-22(16-10-12-17(26)13-11-16)24(30)29(25(23)31)21-9-5-8-20(27)15(21)2/h4-14,28H,3H2,1-2H3. The van der Waals surface area contributed by atoms with Gasteiger partial charge in [0, 0.05) is 21.8 Å². The molecule has 1 N–H and O–H groups in total. The first-order valence-electron chi connectivity index (χ1n) is 10.0. The SMILES string of the molecule is CCOc1cccc(NC2=C(c3ccc(Cl)cc3)C(=O)N(c3cccc(Cl)c3C)C2=O)c1. The van der Waals surface area contributed by atoms with Gasteiger partial charge >= 0.3 is 0 Å². The van der Waals surface area contributed by atoms with Crippen LogP contribution >= 0.6 is 23.2 Å². The maximum Gasteiger partial charge on any atom is 0.282 e. The van der Waals surface area contributed by atoms with Crippen molar-refractivity contribution in [3.63, 3.8) is 0 Å². The van der Waals surface area contributed by atoms with Crippen LogP contribution in [-0.2, 0) is 9.59 Å². The number of carbonyl (C=O) groups excluding carboxylic acids is 2. The van der Waals surface area contributed by atoms with Crippen LogP contribution in [0.25, 0.3) is 5.57 Å². The Kier molecular flexibility index (Phi) is 6.21. The first-order valence-corrected chi connectivity index (χ1v) is 10.8. The van der Waals surface area contributed by atoms with Crippen molar-refractivity contribution in [1.82, 2.24) is 0 Å². The number of nitrogens with zero attached hydrogens (tertiary/aromatic N) is 1. The molecule has 5 nitrogen and oxygen atoms in total. The van der Waals surface area contributed by atoms with Gasteiger partial charge in [0.1, 0.15) is 11.4 Å². The number of hydrogen-bond donors (Lipinski definition) is 1. The summed E-state index contributed by atoms with van der Waals surface area (Å²) in [7, 11) is 0. The molecule has 0 aromatic heterocycles. The zero-order valence-electron chi connectivity index (χ0n) is 17.5. The Balaban J connectivity index is 1.82. The third-order valence-corrected chi connectivity index (χ3v) is 5.77. The minimum Gasteiger partial charge on any atom is -0.494 e. The fourth-order valence-corrected chi connectivity index (χ4v) is 3.86. The van der Waals surface area contributed by atoms with E-state index < -0.39 is 11.8 Å². The minimum absolute atomic E-state index is 0.172. The molecule has 162 valence electrons. The molecule has 4 rings (SSSR count). The highest BCUT2D eigenvalue weighted by Crippen LogP contribution is 2.37. The van der Waals surface area contributed by atoms with E-state index in [1.807, 2.05) is 19.1 Å². The molecule has 0 spiro atoms. The zero-order valence-corrected chi connectivity index (χ0v) is 19.0. The highest BCUT2D eigenvalue weighted by molar-refractivity contribution is 6.46. The van der Waals surface area contributed by atoms with Gasteiger partial charge in [-0.25, -0.2) is 4.90 Å². The molecule has 1 aliphatic rings. The van der Waals surface area contributed by atoms with E-state index in [4.69, 9.17) is 27.9 Å². The molecule has 0 saturated carbocycles. The number of hydrogen-bond acceptors (Lipinski definition) is 4. The molecule has 0 saturated heterocycles. The number of amides is 2. The number of halogens is 2. The van der Waals surface area contributed by atoms with Crippen molar-refractivity contribution in [3.05, 3.63) is 93.6 Å². The summed E-state index contributed by atoms with van der Waals surface area (Å²) in [6.45, 7) is 4.18. The molecule has 1 aliphatic heterocycles. The van der Waals surface area contributed by atoms with E-state index in [0.29, 0.717) is 44.9 Å². The van der Waals surface area contributed by atoms with Gasteiger partial charge in [0.25, 0.3) is 11.8 Å². The molecule has 0 radical (unpaired) electrons. The van der Waals surface area contributed by atoms with Gasteiger partial charge in [0.15, 0.2) is 0 Å². The van der Waals surface area contributed by atoms with Crippen LogP contribution in [-0.4, -0.2) is 18.4 Å². The lowest BCUT2D eigenvalue weighted by atomic mass is 10.0. The van der Waals surface area contributed by atoms with Crippen LogP contribution in [0.1, 0.15) is 18.1 Å². The Morgan fingerprint density at radius 2 is 1.66 bits per heavy atom. The highest BCUT2D eigenvalue weighted by atomic mass is 35.5. The molecular weight excluding hydrogens is 447 g/mol. The van der Waals surface area contributed by atoms with E-state index in [-0.39, 0.29) is 11.3 Å². The van der Waals surface area contributed by atoms with Crippen molar-refractivity contribution in [2.75, 3.05) is 16.8 Å². The number of ether oxygens (including phenoxy) is 1. The monoisotopic (exact) mass is 466 g/mol. The minimum atomic E-state index is -0.466. The van der Waals surface area contributed by atoms with Crippen molar-refractivity contribution in [2.24, 2.45) is 0 Å². The van der Waals surface area contributed by atoms with Crippen LogP contribution in [0, 0.1) is 6.92 Å². The predicted octanol–water partition coefficient (Wildman–Crippen LogP) is 6.10. The largest absolute Gasteiger partial charge is 0.494 e. The molecule has 3 aromatic carbocycles. The molecule has 2 amide bonds. The summed E-state index contributed by atoms with van der Waals surface area (Å²) in [5.74, 6) is -0.247. The Hall–Kier alpha value is -3.28. The maximum atomic E-state index is 13.5. The van der Waals surface area contributed by atoms with Crippen molar-refractivity contribution < 1.29 is 14.3 Å². The molecule has 3 aromatic rings. The van der Waals surface area contributed by atoms with E-state index in [1.54, 1.807) is 61.5 Å². The average molecular weight is 467 g/mol. The van der Waals surface area contributed by atoms with E-state index in [2.05, 4.69) is 5.32 Å². The van der Waals surface area contributed by atoms with Crippen LogP contribution in [0.4, 0.5) is 11.4 Å². The Morgan fingerprint density at radius 1 is 0.938 bits per heavy atom. The van der Waals surface area contributed by atoms with Crippen LogP contribution in [0.15, 0.2) is 72.4 Å². The smallest absolute Gasteiger partial charge is 0.282 e. The normalized spacial score (nSPS) is 13.7. The summed E-state index contributed by atoms with van der Waals surface area (Å²) in [4.78, 5) is 28.2. The van der Waals surface area contributed by atoms with E-state index in [0.717, 1.165) is 4.90 Å². The number of benzene rings is 3. The predicted molar refractivity (Wildman–Crippen MR) is 128 cm³/mol. The number of nitrogens with one attached hydrogen (secondary N) is 1. The number of carbonyl (C=O) groups is 2. The lowest BCUT2D eigenvalue weighted by Gasteiger charge is -2.18. The molecule has 0 fully saturated rings. The third-order valence-electron chi connectivity index (χ3n) is 5.11. The van der Waals surface area contributed by atoms with Gasteiger partial charge in [-0.1, -0.05) is 47.5 Å². The van der Waals surface area contributed by atoms with Gasteiger partial charge in [-0.05, 0) is 61.4 Å². The van der Waals surface area contributed by atoms with Crippen LogP contribution in [0.2, 0.25) is 10.0 Å². The molecule has 7 heteroatoms. The fourth-order valence-electron chi connectivity index (χ4n) is 3.56. The molecule has 0 aliphatic carbocycles. The summed E-state index contributed by atoms with van der Waals surface area (Å²) in [5, 5.41) is 4.15. The van der Waals surface area contributed by atoms with Gasteiger partial charge in [-0.2, -0.15) is 0 Å². The second-order valence-corrected chi connectivity index (χ2v) is 8.02. The summed E-state index contributed by atoms with van der Waals surface area (Å²) in [5.41, 5.74) is 2.73. The van der Waals surface area contributed by atoms with Crippen molar-refractivity contribution in [2.45, 2.75) is 13.8 Å². The molecule has 1 heterocycles. The topological polar surface area (TPSA) is 58.6 Å². The summed E-state index contributed by atoms with van der Waals surface area (Å²) < 4.78 is 5.56. The Bertz CT molecular complexity index is 1240. The Morgan fingerprint density at radius 3 is 2.38 bits per heavy atom. The lowest BCUT2D eigenvalue weighted by Crippen LogP contribution is -2.33. The van der Waals surface area contributed by atoms with Crippen molar-refractivity contribution in [1.29, 1.82) is 0 Å². The third kappa shape index (κ3) is 4.09. The van der Waals surface area contributed by atoms with E-state index >= 15 is 0 Å². The van der Waals surface area contributed by atoms with Crippen LogP contribution in [0.3, 0.4) is 0 Å². The van der Waals surface area contributed by atoms with Gasteiger partial charge < -0.3 is 10.1 Å². The van der Waals surface area contributed by atoms with Crippen LogP contribution < -0.4 is 15.0 Å². The molecule has 0 atom stereocenters. The number of rotatable bonds is 6. The zero-order chi connectivity index (χ0) is 22.8. The molecule has 0 bridgehead atoms. The van der Waals surface area contributed by atoms with Gasteiger partial charge in [0.2, 0.25) is 0 Å². The average Bonchev–Trinajstić information content (AvgIpc) is 3.01. The van der Waals surface area contributed by atoms with E-state index in [1.165, 1.54) is 0 Å². The summed E-state index contributed by atoms with van der Waals surface area (Å²) in [6, 6.07) is 19.2. The second kappa shape index (κ2) is 9.07. The summed E-state index contributed by atoms with van der Waals surface area (Å²) in [6.07, 6.45) is 0. The van der Waals surface area contributed by atoms with Crippen molar-refractivity contribution in [3.8, 4) is 5.75 Å². The molecular formula is C25H20Cl2N2O3. The highest BCUT2D eigenvalue weighted by Gasteiger charge is 2.41. The first-order chi connectivity index (χ1) is 15.4. The number of imide groups is 1. The molecule has 0 unspecified atom stereocenters. The second-order valence-electron chi connectivity index (χ2n) is 7.17. The van der Waals surface area contributed by atoms with Crippen LogP contribution in [0.5, 0.6) is 5.75 Å². The molecule has 32 heavy (non-hydrogen) atoms. The fraction of sp³-hybridized carbons (Fsp3) is 0.120. The quantitative estimate of drug-likeness (QED) is 0.446. The van der Waals surface area contributed by atoms with E-state index in [9.17, 15) is 9.59 Å². The van der Waals surface area contributed by atoms with Crippen molar-refractivity contribution >= 4 is 52.0 Å². The number of anilines is 2. The maximum absolute atomic E-state index is 13.5. The first kappa shape index (κ1) is 21.9. The lowest BCUT2D eigenvalue weighted by molar-refractivity contribution is -0.120.